The molecule has 29 heavy (non-hydrogen) atoms. The van der Waals surface area contributed by atoms with Gasteiger partial charge < -0.3 is 15.4 Å². The van der Waals surface area contributed by atoms with Gasteiger partial charge in [-0.25, -0.2) is 4.98 Å². The van der Waals surface area contributed by atoms with E-state index in [1.54, 1.807) is 26.0 Å². The van der Waals surface area contributed by atoms with Gasteiger partial charge in [0.1, 0.15) is 10.6 Å². The Balaban J connectivity index is 1.81. The molecule has 2 atom stereocenters. The number of benzene rings is 1. The molecule has 1 aliphatic heterocycles. The number of hydrogen-bond donors (Lipinski definition) is 3. The summed E-state index contributed by atoms with van der Waals surface area (Å²) in [4.78, 5) is 20.7. The van der Waals surface area contributed by atoms with Crippen LogP contribution in [0.3, 0.4) is 0 Å². The van der Waals surface area contributed by atoms with Crippen LogP contribution in [0.25, 0.3) is 0 Å². The zero-order valence-electron chi connectivity index (χ0n) is 16.9. The third kappa shape index (κ3) is 4.89. The first-order chi connectivity index (χ1) is 13.8. The Morgan fingerprint density at radius 2 is 2.17 bits per heavy atom. The van der Waals surface area contributed by atoms with Crippen molar-refractivity contribution in [2.75, 3.05) is 12.0 Å². The molecular weight excluding hydrogens is 386 g/mol. The molecule has 1 aromatic carbocycles. The van der Waals surface area contributed by atoms with Gasteiger partial charge in [-0.15, -0.1) is 11.3 Å². The summed E-state index contributed by atoms with van der Waals surface area (Å²) in [6, 6.07) is 7.42. The van der Waals surface area contributed by atoms with Crippen molar-refractivity contribution >= 4 is 35.4 Å². The lowest BCUT2D eigenvalue weighted by Crippen LogP contribution is -2.44. The fourth-order valence-electron chi connectivity index (χ4n) is 3.45. The summed E-state index contributed by atoms with van der Waals surface area (Å²) in [5.74, 6) is 0.169. The van der Waals surface area contributed by atoms with E-state index in [9.17, 15) is 9.90 Å². The normalized spacial score (nSPS) is 20.1. The lowest BCUT2D eigenvalue weighted by molar-refractivity contribution is 0.0612. The van der Waals surface area contributed by atoms with Gasteiger partial charge in [0.25, 0.3) is 5.91 Å². The summed E-state index contributed by atoms with van der Waals surface area (Å²) in [5, 5.41) is 21.9. The van der Waals surface area contributed by atoms with Crippen molar-refractivity contribution in [3.8, 4) is 0 Å². The molecule has 8 heteroatoms. The van der Waals surface area contributed by atoms with Crippen LogP contribution in [-0.2, 0) is 5.60 Å². The van der Waals surface area contributed by atoms with Crippen molar-refractivity contribution in [1.29, 1.82) is 5.41 Å². The average molecular weight is 414 g/mol. The summed E-state index contributed by atoms with van der Waals surface area (Å²) in [6.45, 7) is 6.16. The lowest BCUT2D eigenvalue weighted by atomic mass is 9.92. The number of nitrogens with one attached hydrogen (secondary N) is 2. The summed E-state index contributed by atoms with van der Waals surface area (Å²) in [6.07, 6.45) is 6.13. The van der Waals surface area contributed by atoms with Crippen LogP contribution < -0.4 is 5.43 Å². The zero-order chi connectivity index (χ0) is 21.0. The quantitative estimate of drug-likeness (QED) is 0.495. The number of rotatable bonds is 6. The number of thiazole rings is 1. The van der Waals surface area contributed by atoms with Gasteiger partial charge in [0.15, 0.2) is 0 Å². The van der Waals surface area contributed by atoms with E-state index in [-0.39, 0.29) is 17.9 Å². The van der Waals surface area contributed by atoms with Crippen LogP contribution in [0.1, 0.15) is 59.8 Å². The second-order valence-corrected chi connectivity index (χ2v) is 8.87. The molecule has 3 rings (SSSR count). The van der Waals surface area contributed by atoms with E-state index in [1.807, 2.05) is 23.2 Å². The molecule has 3 N–H and O–H groups in total. The monoisotopic (exact) mass is 413 g/mol. The Morgan fingerprint density at radius 3 is 2.86 bits per heavy atom. The highest BCUT2D eigenvalue weighted by atomic mass is 32.1. The van der Waals surface area contributed by atoms with Gasteiger partial charge in [0.2, 0.25) is 0 Å². The predicted molar refractivity (Wildman–Crippen MR) is 117 cm³/mol. The van der Waals surface area contributed by atoms with E-state index in [1.165, 1.54) is 17.6 Å². The van der Waals surface area contributed by atoms with Crippen LogP contribution in [0.15, 0.2) is 35.6 Å². The van der Waals surface area contributed by atoms with Crippen LogP contribution in [-0.4, -0.2) is 45.9 Å². The Morgan fingerprint density at radius 1 is 1.41 bits per heavy atom. The van der Waals surface area contributed by atoms with E-state index < -0.39 is 5.60 Å². The number of amides is 1. The maximum Gasteiger partial charge on any atom is 0.256 e. The molecule has 0 radical (unpaired) electrons. The molecular formula is C21H27N5O2S. The maximum absolute atomic E-state index is 13.3. The third-order valence-corrected chi connectivity index (χ3v) is 6.56. The van der Waals surface area contributed by atoms with E-state index in [0.29, 0.717) is 22.8 Å². The Hall–Kier alpha value is -2.58. The van der Waals surface area contributed by atoms with Gasteiger partial charge in [-0.05, 0) is 45.7 Å². The first-order valence-corrected chi connectivity index (χ1v) is 10.5. The van der Waals surface area contributed by atoms with E-state index >= 15 is 0 Å². The summed E-state index contributed by atoms with van der Waals surface area (Å²) >= 11 is 1.52. The highest BCUT2D eigenvalue weighted by Gasteiger charge is 2.33. The van der Waals surface area contributed by atoms with Crippen LogP contribution in [0.5, 0.6) is 0 Å². The molecule has 2 aromatic rings. The number of para-hydroxylation sites is 1. The Labute approximate surface area is 175 Å². The number of piperidine rings is 1. The topological polar surface area (TPSA) is 102 Å². The maximum atomic E-state index is 13.3. The molecule has 1 fully saturated rings. The molecule has 0 aliphatic carbocycles. The van der Waals surface area contributed by atoms with Crippen molar-refractivity contribution < 1.29 is 9.90 Å². The molecule has 154 valence electrons. The highest BCUT2D eigenvalue weighted by molar-refractivity contribution is 7.11. The summed E-state index contributed by atoms with van der Waals surface area (Å²) in [7, 11) is 0. The largest absolute Gasteiger partial charge is 0.383 e. The standard InChI is InChI=1S/C21H27N5O2S/c1-14-8-9-15(18-12-23-20(29-18)21(2,3)28)13-26(14)19(27)16-6-4-5-7-17(16)25-24-11-10-22/h4-7,10-12,14-15,22,25,28H,8-9,13H2,1-3H3/b22-10?,24-11-/t14-,15?/m1/s1. The molecule has 1 aromatic heterocycles. The lowest BCUT2D eigenvalue weighted by Gasteiger charge is -2.38. The zero-order valence-corrected chi connectivity index (χ0v) is 17.7. The highest BCUT2D eigenvalue weighted by Crippen LogP contribution is 2.36. The number of hydrogen-bond acceptors (Lipinski definition) is 7. The minimum atomic E-state index is -0.956. The van der Waals surface area contributed by atoms with Crippen molar-refractivity contribution in [3.63, 3.8) is 0 Å². The Kier molecular flexibility index (Phi) is 6.44. The van der Waals surface area contributed by atoms with E-state index in [2.05, 4.69) is 22.4 Å². The van der Waals surface area contributed by atoms with Gasteiger partial charge in [-0.1, -0.05) is 12.1 Å². The molecule has 1 unspecified atom stereocenters. The number of aliphatic hydroxyl groups is 1. The SMILES string of the molecule is C[C@@H]1CCC(c2cnc(C(C)(C)O)s2)CN1C(=O)c1ccccc1N/N=C\C=N. The van der Waals surface area contributed by atoms with Gasteiger partial charge in [-0.3, -0.25) is 10.2 Å². The van der Waals surface area contributed by atoms with Crippen molar-refractivity contribution in [3.05, 3.63) is 45.9 Å². The number of nitrogens with zero attached hydrogens (tertiary/aromatic N) is 3. The molecule has 0 bridgehead atoms. The first-order valence-electron chi connectivity index (χ1n) is 9.68. The number of hydrazone groups is 1. The Bertz CT molecular complexity index is 902. The van der Waals surface area contributed by atoms with Crippen molar-refractivity contribution in [2.24, 2.45) is 5.10 Å². The first kappa shape index (κ1) is 21.1. The minimum Gasteiger partial charge on any atom is -0.383 e. The number of carbonyl (C=O) groups excluding carboxylic acids is 1. The average Bonchev–Trinajstić information content (AvgIpc) is 3.19. The van der Waals surface area contributed by atoms with Crippen molar-refractivity contribution in [1.82, 2.24) is 9.88 Å². The van der Waals surface area contributed by atoms with Gasteiger partial charge in [0.05, 0.1) is 17.5 Å². The van der Waals surface area contributed by atoms with Crippen LogP contribution >= 0.6 is 11.3 Å². The molecule has 0 saturated carbocycles. The molecule has 2 heterocycles. The van der Waals surface area contributed by atoms with Gasteiger partial charge in [0, 0.05) is 35.8 Å². The fraction of sp³-hybridized carbons (Fsp3) is 0.429. The third-order valence-electron chi connectivity index (χ3n) is 5.08. The number of aromatic nitrogens is 1. The molecule has 7 nitrogen and oxygen atoms in total. The van der Waals surface area contributed by atoms with Crippen LogP contribution in [0, 0.1) is 5.41 Å². The van der Waals surface area contributed by atoms with Gasteiger partial charge in [-0.2, -0.15) is 5.10 Å². The molecule has 0 spiro atoms. The molecule has 1 saturated heterocycles. The van der Waals surface area contributed by atoms with Gasteiger partial charge >= 0.3 is 0 Å². The van der Waals surface area contributed by atoms with Crippen LogP contribution in [0.2, 0.25) is 0 Å². The van der Waals surface area contributed by atoms with E-state index in [0.717, 1.165) is 23.9 Å². The molecule has 1 amide bonds. The second-order valence-electron chi connectivity index (χ2n) is 7.81. The number of likely N-dealkylation sites (tertiary alicyclic amines) is 1. The summed E-state index contributed by atoms with van der Waals surface area (Å²) < 4.78 is 0. The minimum absolute atomic E-state index is 0.0393. The number of carbonyl (C=O) groups is 1. The van der Waals surface area contributed by atoms with Crippen molar-refractivity contribution in [2.45, 2.75) is 51.2 Å². The smallest absolute Gasteiger partial charge is 0.256 e. The van der Waals surface area contributed by atoms with E-state index in [4.69, 9.17) is 5.41 Å². The number of anilines is 1. The summed E-state index contributed by atoms with van der Waals surface area (Å²) in [5.41, 5.74) is 3.07. The predicted octanol–water partition coefficient (Wildman–Crippen LogP) is 3.83. The molecule has 1 aliphatic rings. The van der Waals surface area contributed by atoms with Crippen LogP contribution in [0.4, 0.5) is 5.69 Å². The fourth-order valence-corrected chi connectivity index (χ4v) is 4.49. The second kappa shape index (κ2) is 8.84.